The third kappa shape index (κ3) is 4.77. The number of nitrogens with zero attached hydrogens (tertiary/aromatic N) is 1. The highest BCUT2D eigenvalue weighted by Gasteiger charge is 2.16. The summed E-state index contributed by atoms with van der Waals surface area (Å²) in [7, 11) is 1.63. The van der Waals surface area contributed by atoms with Crippen LogP contribution in [0, 0.1) is 5.92 Å². The molecule has 1 atom stereocenters. The summed E-state index contributed by atoms with van der Waals surface area (Å²) in [6, 6.07) is 7.46. The molecule has 1 amide bonds. The third-order valence-corrected chi connectivity index (χ3v) is 4.50. The highest BCUT2D eigenvalue weighted by molar-refractivity contribution is 7.13. The Balaban J connectivity index is 2.03. The average Bonchev–Trinajstić information content (AvgIpc) is 3.00. The highest BCUT2D eigenvalue weighted by atomic mass is 32.1. The van der Waals surface area contributed by atoms with Gasteiger partial charge in [0.25, 0.3) is 0 Å². The maximum absolute atomic E-state index is 12.1. The second-order valence-electron chi connectivity index (χ2n) is 5.65. The number of methoxy groups -OCH3 is 1. The van der Waals surface area contributed by atoms with Gasteiger partial charge < -0.3 is 15.2 Å². The zero-order chi connectivity index (χ0) is 16.8. The molecule has 0 bridgehead atoms. The van der Waals surface area contributed by atoms with Crippen LogP contribution < -0.4 is 10.1 Å². The number of aliphatic hydroxyl groups excluding tert-OH is 1. The zero-order valence-electron chi connectivity index (χ0n) is 13.6. The molecular formula is C17H22N2O3S. The van der Waals surface area contributed by atoms with Gasteiger partial charge in [-0.05, 0) is 18.1 Å². The van der Waals surface area contributed by atoms with Crippen molar-refractivity contribution in [2.45, 2.75) is 26.3 Å². The van der Waals surface area contributed by atoms with E-state index in [9.17, 15) is 9.90 Å². The molecule has 0 aliphatic carbocycles. The minimum absolute atomic E-state index is 0.0600. The number of nitrogens with one attached hydrogen (secondary N) is 1. The number of aromatic nitrogens is 1. The number of carbonyl (C=O) groups is 1. The molecule has 5 nitrogen and oxygen atoms in total. The Morgan fingerprint density at radius 2 is 2.22 bits per heavy atom. The molecule has 0 unspecified atom stereocenters. The number of benzene rings is 1. The largest absolute Gasteiger partial charge is 0.497 e. The summed E-state index contributed by atoms with van der Waals surface area (Å²) in [5, 5.41) is 14.9. The summed E-state index contributed by atoms with van der Waals surface area (Å²) >= 11 is 1.50. The van der Waals surface area contributed by atoms with Crippen LogP contribution in [0.2, 0.25) is 0 Å². The van der Waals surface area contributed by atoms with Gasteiger partial charge in [0.05, 0.1) is 31.9 Å². The van der Waals surface area contributed by atoms with E-state index >= 15 is 0 Å². The van der Waals surface area contributed by atoms with Crippen molar-refractivity contribution in [3.63, 3.8) is 0 Å². The van der Waals surface area contributed by atoms with E-state index in [1.54, 1.807) is 7.11 Å². The van der Waals surface area contributed by atoms with Crippen molar-refractivity contribution in [2.75, 3.05) is 13.7 Å². The molecule has 1 aromatic heterocycles. The van der Waals surface area contributed by atoms with Crippen molar-refractivity contribution in [3.8, 4) is 16.3 Å². The lowest BCUT2D eigenvalue weighted by molar-refractivity contribution is -0.121. The molecule has 2 N–H and O–H groups in total. The van der Waals surface area contributed by atoms with Crippen LogP contribution >= 0.6 is 11.3 Å². The molecule has 1 heterocycles. The number of carbonyl (C=O) groups excluding carboxylic acids is 1. The van der Waals surface area contributed by atoms with Crippen molar-refractivity contribution in [1.82, 2.24) is 10.3 Å². The number of hydrogen-bond acceptors (Lipinski definition) is 5. The van der Waals surface area contributed by atoms with Crippen LogP contribution in [-0.4, -0.2) is 35.8 Å². The third-order valence-electron chi connectivity index (χ3n) is 3.56. The fourth-order valence-electron chi connectivity index (χ4n) is 2.12. The number of rotatable bonds is 7. The summed E-state index contributed by atoms with van der Waals surface area (Å²) in [5.74, 6) is 0.840. The van der Waals surface area contributed by atoms with Gasteiger partial charge in [0.15, 0.2) is 0 Å². The molecule has 124 valence electrons. The molecule has 2 rings (SSSR count). The van der Waals surface area contributed by atoms with Crippen LogP contribution in [0.3, 0.4) is 0 Å². The lowest BCUT2D eigenvalue weighted by Gasteiger charge is -2.19. The molecule has 0 aliphatic rings. The van der Waals surface area contributed by atoms with Crippen LogP contribution in [0.5, 0.6) is 5.75 Å². The molecule has 1 aromatic carbocycles. The van der Waals surface area contributed by atoms with Gasteiger partial charge in [-0.2, -0.15) is 0 Å². The van der Waals surface area contributed by atoms with Crippen LogP contribution in [0.25, 0.3) is 10.6 Å². The van der Waals surface area contributed by atoms with Gasteiger partial charge in [-0.25, -0.2) is 4.98 Å². The maximum atomic E-state index is 12.1. The van der Waals surface area contributed by atoms with Crippen molar-refractivity contribution in [2.24, 2.45) is 5.92 Å². The number of thiazole rings is 1. The lowest BCUT2D eigenvalue weighted by atomic mass is 10.1. The highest BCUT2D eigenvalue weighted by Crippen LogP contribution is 2.27. The standard InChI is InChI=1S/C17H22N2O3S/c1-11(2)15(9-20)19-16(21)8-13-10-23-17(18-13)12-5-4-6-14(7-12)22-3/h4-7,10-11,15,20H,8-9H2,1-3H3,(H,19,21)/t15-/m1/s1. The first-order valence-electron chi connectivity index (χ1n) is 7.52. The SMILES string of the molecule is COc1cccc(-c2nc(CC(=O)N[C@H](CO)C(C)C)cs2)c1. The van der Waals surface area contributed by atoms with Crippen LogP contribution in [0.15, 0.2) is 29.6 Å². The normalized spacial score (nSPS) is 12.2. The molecule has 0 saturated carbocycles. The molecular weight excluding hydrogens is 312 g/mol. The van der Waals surface area contributed by atoms with E-state index in [-0.39, 0.29) is 30.9 Å². The molecule has 23 heavy (non-hydrogen) atoms. The molecule has 0 radical (unpaired) electrons. The van der Waals surface area contributed by atoms with Crippen LogP contribution in [0.4, 0.5) is 0 Å². The minimum Gasteiger partial charge on any atom is -0.497 e. The van der Waals surface area contributed by atoms with E-state index < -0.39 is 0 Å². The monoisotopic (exact) mass is 334 g/mol. The fourth-order valence-corrected chi connectivity index (χ4v) is 2.94. The predicted molar refractivity (Wildman–Crippen MR) is 91.7 cm³/mol. The van der Waals surface area contributed by atoms with Gasteiger partial charge in [-0.3, -0.25) is 4.79 Å². The molecule has 0 aliphatic heterocycles. The summed E-state index contributed by atoms with van der Waals surface area (Å²) < 4.78 is 5.22. The smallest absolute Gasteiger partial charge is 0.226 e. The Bertz CT molecular complexity index is 655. The Kier molecular flexibility index (Phi) is 6.12. The van der Waals surface area contributed by atoms with E-state index in [1.807, 2.05) is 43.5 Å². The Morgan fingerprint density at radius 1 is 1.43 bits per heavy atom. The van der Waals surface area contributed by atoms with E-state index in [0.717, 1.165) is 22.0 Å². The van der Waals surface area contributed by atoms with E-state index in [4.69, 9.17) is 4.74 Å². The maximum Gasteiger partial charge on any atom is 0.226 e. The summed E-state index contributed by atoms with van der Waals surface area (Å²) in [5.41, 5.74) is 1.70. The molecule has 6 heteroatoms. The topological polar surface area (TPSA) is 71.5 Å². The van der Waals surface area contributed by atoms with Gasteiger partial charge in [-0.1, -0.05) is 26.0 Å². The van der Waals surface area contributed by atoms with Gasteiger partial charge >= 0.3 is 0 Å². The molecule has 0 fully saturated rings. The van der Waals surface area contributed by atoms with E-state index in [2.05, 4.69) is 10.3 Å². The predicted octanol–water partition coefficient (Wildman–Crippen LogP) is 2.49. The van der Waals surface area contributed by atoms with Gasteiger partial charge in [0.1, 0.15) is 10.8 Å². The number of amides is 1. The molecule has 0 saturated heterocycles. The second kappa shape index (κ2) is 8.08. The molecule has 0 spiro atoms. The van der Waals surface area contributed by atoms with E-state index in [1.165, 1.54) is 11.3 Å². The first-order chi connectivity index (χ1) is 11.0. The molecule has 2 aromatic rings. The number of aliphatic hydroxyl groups is 1. The summed E-state index contributed by atoms with van der Waals surface area (Å²) in [4.78, 5) is 16.6. The zero-order valence-corrected chi connectivity index (χ0v) is 14.4. The van der Waals surface area contributed by atoms with Crippen LogP contribution in [0.1, 0.15) is 19.5 Å². The first-order valence-corrected chi connectivity index (χ1v) is 8.40. The average molecular weight is 334 g/mol. The van der Waals surface area contributed by atoms with Crippen molar-refractivity contribution < 1.29 is 14.6 Å². The van der Waals surface area contributed by atoms with E-state index in [0.29, 0.717) is 0 Å². The minimum atomic E-state index is -0.223. The van der Waals surface area contributed by atoms with Gasteiger partial charge in [0, 0.05) is 10.9 Å². The summed E-state index contributed by atoms with van der Waals surface area (Å²) in [6.45, 7) is 3.87. The Hall–Kier alpha value is -1.92. The lowest BCUT2D eigenvalue weighted by Crippen LogP contribution is -2.41. The van der Waals surface area contributed by atoms with Crippen LogP contribution in [-0.2, 0) is 11.2 Å². The fraction of sp³-hybridized carbons (Fsp3) is 0.412. The number of ether oxygens (including phenoxy) is 1. The van der Waals surface area contributed by atoms with Gasteiger partial charge in [-0.15, -0.1) is 11.3 Å². The Morgan fingerprint density at radius 3 is 2.87 bits per heavy atom. The van der Waals surface area contributed by atoms with Crippen molar-refractivity contribution >= 4 is 17.2 Å². The quantitative estimate of drug-likeness (QED) is 0.816. The van der Waals surface area contributed by atoms with Crippen molar-refractivity contribution in [3.05, 3.63) is 35.3 Å². The van der Waals surface area contributed by atoms with Gasteiger partial charge in [0.2, 0.25) is 5.91 Å². The summed E-state index contributed by atoms with van der Waals surface area (Å²) in [6.07, 6.45) is 0.212. The van der Waals surface area contributed by atoms with Crippen molar-refractivity contribution in [1.29, 1.82) is 0 Å². The number of hydrogen-bond donors (Lipinski definition) is 2. The second-order valence-corrected chi connectivity index (χ2v) is 6.51. The first kappa shape index (κ1) is 17.4. The Labute approximate surface area is 140 Å².